The minimum atomic E-state index is -1.00. The molecule has 0 bridgehead atoms. The van der Waals surface area contributed by atoms with Crippen LogP contribution in [0.2, 0.25) is 0 Å². The number of rotatable bonds is 6. The molecular formula is C16H15FN5O3P. The Balaban J connectivity index is 1.36. The van der Waals surface area contributed by atoms with Crippen molar-refractivity contribution >= 4 is 25.8 Å². The fraction of sp³-hybridized carbons (Fsp3) is 0.188. The lowest BCUT2D eigenvalue weighted by Crippen LogP contribution is -2.16. The van der Waals surface area contributed by atoms with E-state index >= 15 is 0 Å². The predicted octanol–water partition coefficient (Wildman–Crippen LogP) is 2.76. The summed E-state index contributed by atoms with van der Waals surface area (Å²) in [6.45, 7) is 0. The van der Waals surface area contributed by atoms with Crippen molar-refractivity contribution in [1.82, 2.24) is 19.5 Å². The van der Waals surface area contributed by atoms with E-state index in [1.165, 1.54) is 23.3 Å². The molecule has 2 aromatic heterocycles. The van der Waals surface area contributed by atoms with Gasteiger partial charge in [0.2, 0.25) is 0 Å². The maximum absolute atomic E-state index is 14.3. The number of aromatic nitrogens is 4. The summed E-state index contributed by atoms with van der Waals surface area (Å²) in [5, 5.41) is 0. The van der Waals surface area contributed by atoms with Gasteiger partial charge in [0.05, 0.1) is 15.1 Å². The van der Waals surface area contributed by atoms with Gasteiger partial charge in [0.25, 0.3) is 0 Å². The summed E-state index contributed by atoms with van der Waals surface area (Å²) in [4.78, 5) is 12.1. The third kappa shape index (κ3) is 3.37. The van der Waals surface area contributed by atoms with Gasteiger partial charge >= 0.3 is 0 Å². The second-order valence-electron chi connectivity index (χ2n) is 5.36. The number of para-hydroxylation sites is 1. The van der Waals surface area contributed by atoms with Crippen molar-refractivity contribution in [1.29, 1.82) is 0 Å². The molecule has 26 heavy (non-hydrogen) atoms. The molecule has 3 atom stereocenters. The number of hydrogen-bond acceptors (Lipinski definition) is 7. The van der Waals surface area contributed by atoms with Crippen molar-refractivity contribution in [3.8, 4) is 5.75 Å². The number of nitrogen functional groups attached to an aromatic ring is 1. The fourth-order valence-electron chi connectivity index (χ4n) is 2.49. The maximum Gasteiger partial charge on any atom is 0.192 e. The van der Waals surface area contributed by atoms with Crippen LogP contribution in [-0.2, 0) is 9.47 Å². The Labute approximate surface area is 149 Å². The molecule has 4 rings (SSSR count). The molecule has 10 heteroatoms. The molecule has 0 saturated heterocycles. The topological polar surface area (TPSA) is 97.3 Å². The van der Waals surface area contributed by atoms with Crippen LogP contribution >= 0.6 is 8.81 Å². The number of ether oxygens (including phenoxy) is 2. The molecule has 0 saturated carbocycles. The highest BCUT2D eigenvalue weighted by Gasteiger charge is 2.31. The Hall–Kier alpha value is -2.61. The SMILES string of the molecule is Nc1ncnc2c1ncn2C1OC(OCPOc2ccccc2)C=C1F. The molecule has 0 fully saturated rings. The third-order valence-corrected chi connectivity index (χ3v) is 4.34. The monoisotopic (exact) mass is 375 g/mol. The van der Waals surface area contributed by atoms with Crippen LogP contribution in [0.4, 0.5) is 10.2 Å². The molecule has 134 valence electrons. The van der Waals surface area contributed by atoms with Crippen molar-refractivity contribution in [2.45, 2.75) is 12.5 Å². The van der Waals surface area contributed by atoms with Crippen molar-refractivity contribution < 1.29 is 18.4 Å². The van der Waals surface area contributed by atoms with E-state index in [1.807, 2.05) is 30.3 Å². The number of nitrogens with two attached hydrogens (primary N) is 1. The molecule has 8 nitrogen and oxygen atoms in total. The fourth-order valence-corrected chi connectivity index (χ4v) is 3.08. The van der Waals surface area contributed by atoms with Gasteiger partial charge in [-0.2, -0.15) is 0 Å². The van der Waals surface area contributed by atoms with Gasteiger partial charge in [-0.1, -0.05) is 18.2 Å². The Kier molecular flexibility index (Phi) is 4.75. The highest BCUT2D eigenvalue weighted by atomic mass is 31.1. The third-order valence-electron chi connectivity index (χ3n) is 3.67. The largest absolute Gasteiger partial charge is 0.475 e. The second-order valence-corrected chi connectivity index (χ2v) is 6.14. The second kappa shape index (κ2) is 7.33. The zero-order chi connectivity index (χ0) is 17.9. The highest BCUT2D eigenvalue weighted by Crippen LogP contribution is 2.33. The number of hydrogen-bond donors (Lipinski definition) is 1. The van der Waals surface area contributed by atoms with E-state index in [-0.39, 0.29) is 21.0 Å². The van der Waals surface area contributed by atoms with Crippen LogP contribution in [0.5, 0.6) is 5.75 Å². The van der Waals surface area contributed by atoms with Crippen LogP contribution in [0.15, 0.2) is 54.9 Å². The Morgan fingerprint density at radius 1 is 1.23 bits per heavy atom. The van der Waals surface area contributed by atoms with Crippen LogP contribution in [-0.4, -0.2) is 32.2 Å². The van der Waals surface area contributed by atoms with E-state index in [2.05, 4.69) is 15.0 Å². The Morgan fingerprint density at radius 2 is 2.08 bits per heavy atom. The van der Waals surface area contributed by atoms with Gasteiger partial charge in [0, 0.05) is 6.08 Å². The molecule has 0 radical (unpaired) electrons. The van der Waals surface area contributed by atoms with Crippen molar-refractivity contribution in [3.63, 3.8) is 0 Å². The van der Waals surface area contributed by atoms with Gasteiger partial charge in [0.1, 0.15) is 23.9 Å². The van der Waals surface area contributed by atoms with Crippen LogP contribution in [0.1, 0.15) is 6.23 Å². The summed E-state index contributed by atoms with van der Waals surface area (Å²) < 4.78 is 32.4. The van der Waals surface area contributed by atoms with Crippen LogP contribution in [0.25, 0.3) is 11.2 Å². The summed E-state index contributed by atoms with van der Waals surface area (Å²) in [5.74, 6) is 0.491. The van der Waals surface area contributed by atoms with E-state index in [0.717, 1.165) is 5.75 Å². The van der Waals surface area contributed by atoms with Gasteiger partial charge in [-0.3, -0.25) is 4.57 Å². The van der Waals surface area contributed by atoms with E-state index in [1.54, 1.807) is 0 Å². The first kappa shape index (κ1) is 16.8. The summed E-state index contributed by atoms with van der Waals surface area (Å²) in [7, 11) is 0.0658. The normalized spacial score (nSPS) is 20.1. The van der Waals surface area contributed by atoms with Gasteiger partial charge in [-0.05, 0) is 12.1 Å². The van der Waals surface area contributed by atoms with Gasteiger partial charge in [-0.25, -0.2) is 19.3 Å². The summed E-state index contributed by atoms with van der Waals surface area (Å²) in [5.41, 5.74) is 6.53. The molecule has 0 aliphatic carbocycles. The zero-order valence-electron chi connectivity index (χ0n) is 13.4. The molecule has 2 N–H and O–H groups in total. The Morgan fingerprint density at radius 3 is 2.92 bits per heavy atom. The molecule has 1 aromatic carbocycles. The van der Waals surface area contributed by atoms with Crippen LogP contribution in [0, 0.1) is 0 Å². The summed E-state index contributed by atoms with van der Waals surface area (Å²) in [6, 6.07) is 9.38. The quantitative estimate of drug-likeness (QED) is 0.523. The predicted molar refractivity (Wildman–Crippen MR) is 94.2 cm³/mol. The van der Waals surface area contributed by atoms with E-state index in [4.69, 9.17) is 19.7 Å². The lowest BCUT2D eigenvalue weighted by molar-refractivity contribution is -0.127. The number of fused-ring (bicyclic) bond motifs is 1. The van der Waals surface area contributed by atoms with Gasteiger partial charge in [0.15, 0.2) is 29.8 Å². The number of imidazole rings is 1. The van der Waals surface area contributed by atoms with Crippen LogP contribution < -0.4 is 10.3 Å². The molecule has 0 spiro atoms. The number of anilines is 1. The first-order valence-corrected chi connectivity index (χ1v) is 8.86. The summed E-state index contributed by atoms with van der Waals surface area (Å²) >= 11 is 0. The summed E-state index contributed by atoms with van der Waals surface area (Å²) in [6.07, 6.45) is 2.43. The van der Waals surface area contributed by atoms with E-state index in [9.17, 15) is 4.39 Å². The Bertz CT molecular complexity index is 936. The standard InChI is InChI=1S/C16H15FN5O3P/c17-11-6-12(23-9-26-25-10-4-2-1-3-5-10)24-16(11)22-8-21-13-14(18)19-7-20-15(13)22/h1-8,12,16,26H,9H2,(H2,18,19,20). The number of halogens is 1. The minimum Gasteiger partial charge on any atom is -0.475 e. The zero-order valence-corrected chi connectivity index (χ0v) is 14.4. The molecule has 1 aliphatic heterocycles. The molecule has 1 aliphatic rings. The van der Waals surface area contributed by atoms with Gasteiger partial charge in [-0.15, -0.1) is 0 Å². The maximum atomic E-state index is 14.3. The van der Waals surface area contributed by atoms with Crippen molar-refractivity contribution in [2.24, 2.45) is 0 Å². The van der Waals surface area contributed by atoms with Crippen LogP contribution in [0.3, 0.4) is 0 Å². The molecule has 0 amide bonds. The molecule has 3 heterocycles. The first-order chi connectivity index (χ1) is 12.7. The molecular weight excluding hydrogens is 360 g/mol. The first-order valence-electron chi connectivity index (χ1n) is 7.74. The average Bonchev–Trinajstić information content (AvgIpc) is 3.24. The average molecular weight is 375 g/mol. The number of benzene rings is 1. The van der Waals surface area contributed by atoms with E-state index < -0.39 is 18.3 Å². The van der Waals surface area contributed by atoms with Crippen molar-refractivity contribution in [3.05, 3.63) is 54.9 Å². The minimum absolute atomic E-state index is 0.0658. The number of nitrogens with zero attached hydrogens (tertiary/aromatic N) is 4. The lowest BCUT2D eigenvalue weighted by Gasteiger charge is -2.16. The van der Waals surface area contributed by atoms with Gasteiger partial charge < -0.3 is 19.7 Å². The molecule has 3 aromatic rings. The molecule has 3 unspecified atom stereocenters. The van der Waals surface area contributed by atoms with E-state index in [0.29, 0.717) is 11.2 Å². The van der Waals surface area contributed by atoms with Crippen molar-refractivity contribution in [2.75, 3.05) is 12.1 Å². The smallest absolute Gasteiger partial charge is 0.192 e. The highest BCUT2D eigenvalue weighted by molar-refractivity contribution is 7.32. The lowest BCUT2D eigenvalue weighted by atomic mass is 10.3.